The monoisotopic (exact) mass is 332 g/mol. The fourth-order valence-electron chi connectivity index (χ4n) is 2.93. The summed E-state index contributed by atoms with van der Waals surface area (Å²) in [7, 11) is 0. The van der Waals surface area contributed by atoms with Gasteiger partial charge in [0.15, 0.2) is 10.5 Å². The Balaban J connectivity index is 2.02. The minimum Gasteiger partial charge on any atom is -0.459 e. The molecule has 4 rings (SSSR count). The molecule has 0 saturated carbocycles. The molecule has 0 spiro atoms. The summed E-state index contributed by atoms with van der Waals surface area (Å²) in [5.74, 6) is -0.432. The molecule has 0 amide bonds. The Labute approximate surface area is 134 Å². The Morgan fingerprint density at radius 3 is 2.95 bits per heavy atom. The van der Waals surface area contributed by atoms with Gasteiger partial charge >= 0.3 is 5.91 Å². The smallest absolute Gasteiger partial charge is 0.302 e. The van der Waals surface area contributed by atoms with Gasteiger partial charge in [-0.05, 0) is 55.6 Å². The van der Waals surface area contributed by atoms with Gasteiger partial charge in [0.1, 0.15) is 4.83 Å². The zero-order chi connectivity index (χ0) is 15.3. The molecule has 0 aliphatic heterocycles. The lowest BCUT2D eigenvalue weighted by atomic mass is 9.97. The molecular formula is C15H12N2O3S2. The van der Waals surface area contributed by atoms with E-state index < -0.39 is 5.91 Å². The number of thiophene rings is 1. The lowest BCUT2D eigenvalue weighted by Gasteiger charge is -2.10. The van der Waals surface area contributed by atoms with Crippen LogP contribution in [0.4, 0.5) is 0 Å². The van der Waals surface area contributed by atoms with Gasteiger partial charge in [-0.2, -0.15) is 0 Å². The maximum atomic E-state index is 12.8. The Hall–Kier alpha value is -1.99. The molecule has 0 fully saturated rings. The normalized spacial score (nSPS) is 14.2. The topological polar surface area (TPSA) is 68.0 Å². The van der Waals surface area contributed by atoms with Gasteiger partial charge in [0.25, 0.3) is 5.56 Å². The number of nitrogens with zero attached hydrogens (tertiary/aromatic N) is 1. The first kappa shape index (κ1) is 13.7. The van der Waals surface area contributed by atoms with Crippen molar-refractivity contribution >= 4 is 39.7 Å². The zero-order valence-corrected chi connectivity index (χ0v) is 13.2. The van der Waals surface area contributed by atoms with E-state index in [1.165, 1.54) is 17.2 Å². The highest BCUT2D eigenvalue weighted by molar-refractivity contribution is 7.71. The van der Waals surface area contributed by atoms with Gasteiger partial charge in [-0.25, -0.2) is 4.57 Å². The van der Waals surface area contributed by atoms with Crippen molar-refractivity contribution in [1.82, 2.24) is 9.55 Å². The van der Waals surface area contributed by atoms with Crippen LogP contribution in [0, 0.1) is 4.77 Å². The quantitative estimate of drug-likeness (QED) is 0.694. The van der Waals surface area contributed by atoms with Crippen molar-refractivity contribution < 1.29 is 9.21 Å². The molecule has 3 aromatic heterocycles. The van der Waals surface area contributed by atoms with Gasteiger partial charge < -0.3 is 9.40 Å². The van der Waals surface area contributed by atoms with E-state index in [0.29, 0.717) is 5.39 Å². The van der Waals surface area contributed by atoms with Crippen molar-refractivity contribution in [1.29, 1.82) is 0 Å². The number of carbonyl (C=O) groups is 1. The summed E-state index contributed by atoms with van der Waals surface area (Å²) >= 11 is 6.79. The molecule has 0 unspecified atom stereocenters. The highest BCUT2D eigenvalue weighted by Crippen LogP contribution is 2.33. The van der Waals surface area contributed by atoms with Crippen molar-refractivity contribution in [3.8, 4) is 0 Å². The van der Waals surface area contributed by atoms with E-state index in [4.69, 9.17) is 16.6 Å². The van der Waals surface area contributed by atoms with Crippen LogP contribution in [0.5, 0.6) is 0 Å². The highest BCUT2D eigenvalue weighted by Gasteiger charge is 2.23. The number of aryl methyl sites for hydroxylation is 2. The van der Waals surface area contributed by atoms with E-state index >= 15 is 0 Å². The third-order valence-corrected chi connectivity index (χ3v) is 5.44. The van der Waals surface area contributed by atoms with Crippen LogP contribution in [-0.2, 0) is 12.8 Å². The van der Waals surface area contributed by atoms with Crippen molar-refractivity contribution in [2.24, 2.45) is 0 Å². The van der Waals surface area contributed by atoms with E-state index in [1.807, 2.05) is 0 Å². The predicted octanol–water partition coefficient (Wildman–Crippen LogP) is 3.28. The number of fused-ring (bicyclic) bond motifs is 3. The van der Waals surface area contributed by atoms with E-state index in [1.54, 1.807) is 17.4 Å². The molecule has 1 N–H and O–H groups in total. The molecule has 7 heteroatoms. The number of H-pyrrole nitrogens is 1. The third-order valence-electron chi connectivity index (χ3n) is 3.95. The van der Waals surface area contributed by atoms with Crippen LogP contribution in [0.25, 0.3) is 10.2 Å². The molecule has 0 bridgehead atoms. The third kappa shape index (κ3) is 1.93. The molecular weight excluding hydrogens is 320 g/mol. The van der Waals surface area contributed by atoms with Crippen LogP contribution in [0.1, 0.15) is 33.8 Å². The number of hydrogen-bond donors (Lipinski definition) is 1. The number of aromatic nitrogens is 2. The van der Waals surface area contributed by atoms with E-state index in [0.717, 1.165) is 40.6 Å². The molecule has 112 valence electrons. The van der Waals surface area contributed by atoms with E-state index in [2.05, 4.69) is 4.98 Å². The molecule has 22 heavy (non-hydrogen) atoms. The molecule has 5 nitrogen and oxygen atoms in total. The van der Waals surface area contributed by atoms with Crippen LogP contribution in [0.15, 0.2) is 27.6 Å². The van der Waals surface area contributed by atoms with Crippen molar-refractivity contribution in [3.05, 3.63) is 49.7 Å². The Morgan fingerprint density at radius 1 is 1.36 bits per heavy atom. The predicted molar refractivity (Wildman–Crippen MR) is 86.3 cm³/mol. The van der Waals surface area contributed by atoms with Crippen LogP contribution in [0.3, 0.4) is 0 Å². The van der Waals surface area contributed by atoms with Crippen molar-refractivity contribution in [2.75, 3.05) is 0 Å². The summed E-state index contributed by atoms with van der Waals surface area (Å²) in [6, 6.07) is 3.13. The number of furan rings is 1. The number of hydrogen-bond acceptors (Lipinski definition) is 5. The van der Waals surface area contributed by atoms with Crippen molar-refractivity contribution in [2.45, 2.75) is 25.7 Å². The molecule has 1 aliphatic rings. The van der Waals surface area contributed by atoms with Crippen LogP contribution in [-0.4, -0.2) is 15.5 Å². The summed E-state index contributed by atoms with van der Waals surface area (Å²) in [5.41, 5.74) is 0.725. The second-order valence-corrected chi connectivity index (χ2v) is 6.76. The first-order valence-corrected chi connectivity index (χ1v) is 8.27. The number of aromatic amines is 1. The molecule has 0 aromatic carbocycles. The highest BCUT2D eigenvalue weighted by atomic mass is 32.1. The van der Waals surface area contributed by atoms with Gasteiger partial charge in [-0.15, -0.1) is 11.3 Å². The Bertz CT molecular complexity index is 992. The summed E-state index contributed by atoms with van der Waals surface area (Å²) < 4.78 is 6.21. The average molecular weight is 332 g/mol. The Kier molecular flexibility index (Phi) is 3.12. The fraction of sp³-hybridized carbons (Fsp3) is 0.267. The molecule has 0 saturated heterocycles. The molecule has 3 aromatic rings. The largest absolute Gasteiger partial charge is 0.459 e. The average Bonchev–Trinajstić information content (AvgIpc) is 3.14. The van der Waals surface area contributed by atoms with Crippen LogP contribution >= 0.6 is 23.6 Å². The SMILES string of the molecule is O=C(c1ccco1)n1c(=S)[nH]c2sc3c(c2c1=O)CCCC3. The van der Waals surface area contributed by atoms with Crippen molar-refractivity contribution in [3.63, 3.8) is 0 Å². The second kappa shape index (κ2) is 5.03. The standard InChI is InChI=1S/C15H12N2O3S2/c18-13(9-5-3-7-20-9)17-14(19)11-8-4-1-2-6-10(8)22-12(11)16-15(17)21/h3,5,7H,1-2,4,6H2,(H,16,21). The summed E-state index contributed by atoms with van der Waals surface area (Å²) in [4.78, 5) is 30.3. The van der Waals surface area contributed by atoms with E-state index in [-0.39, 0.29) is 16.1 Å². The maximum Gasteiger partial charge on any atom is 0.302 e. The second-order valence-electron chi connectivity index (χ2n) is 5.27. The minimum atomic E-state index is -0.533. The van der Waals surface area contributed by atoms with Gasteiger partial charge in [-0.3, -0.25) is 9.59 Å². The maximum absolute atomic E-state index is 12.8. The van der Waals surface area contributed by atoms with E-state index in [9.17, 15) is 9.59 Å². The first-order chi connectivity index (χ1) is 10.7. The van der Waals surface area contributed by atoms with Gasteiger partial charge in [0.2, 0.25) is 0 Å². The fourth-order valence-corrected chi connectivity index (χ4v) is 4.55. The summed E-state index contributed by atoms with van der Waals surface area (Å²) in [5, 5.41) is 0.605. The summed E-state index contributed by atoms with van der Waals surface area (Å²) in [6.07, 6.45) is 5.47. The van der Waals surface area contributed by atoms with Crippen LogP contribution < -0.4 is 5.56 Å². The molecule has 1 aliphatic carbocycles. The number of carbonyl (C=O) groups excluding carboxylic acids is 1. The van der Waals surface area contributed by atoms with Gasteiger partial charge in [0, 0.05) is 4.88 Å². The first-order valence-electron chi connectivity index (χ1n) is 7.04. The number of nitrogens with one attached hydrogen (secondary N) is 1. The van der Waals surface area contributed by atoms with Gasteiger partial charge in [-0.1, -0.05) is 0 Å². The summed E-state index contributed by atoms with van der Waals surface area (Å²) in [6.45, 7) is 0. The van der Waals surface area contributed by atoms with Gasteiger partial charge in [0.05, 0.1) is 11.6 Å². The lowest BCUT2D eigenvalue weighted by Crippen LogP contribution is -2.29. The minimum absolute atomic E-state index is 0.102. The molecule has 0 radical (unpaired) electrons. The molecule has 0 atom stereocenters. The Morgan fingerprint density at radius 2 is 2.18 bits per heavy atom. The zero-order valence-electron chi connectivity index (χ0n) is 11.5. The van der Waals surface area contributed by atoms with Crippen LogP contribution in [0.2, 0.25) is 0 Å². The number of rotatable bonds is 1. The molecule has 3 heterocycles. The lowest BCUT2D eigenvalue weighted by molar-refractivity contribution is 0.0926.